The summed E-state index contributed by atoms with van der Waals surface area (Å²) in [4.78, 5) is 5.58. The van der Waals surface area contributed by atoms with Crippen molar-refractivity contribution < 1.29 is 0 Å². The van der Waals surface area contributed by atoms with E-state index < -0.39 is 10.8 Å². The highest BCUT2D eigenvalue weighted by Gasteiger charge is 2.56. The molecule has 4 heteroatoms. The Bertz CT molecular complexity index is 6160. The quantitative estimate of drug-likeness (QED) is 0.163. The van der Waals surface area contributed by atoms with Crippen LogP contribution in [0.2, 0.25) is 0 Å². The van der Waals surface area contributed by atoms with Gasteiger partial charge in [-0.2, -0.15) is 0 Å². The average molecular weight is 1440 g/mol. The molecule has 111 heavy (non-hydrogen) atoms. The predicted molar refractivity (Wildman–Crippen MR) is 477 cm³/mol. The molecule has 14 aromatic rings. The summed E-state index contributed by atoms with van der Waals surface area (Å²) in [6.07, 6.45) is 0. The van der Waals surface area contributed by atoms with E-state index in [2.05, 4.69) is 408 Å². The van der Waals surface area contributed by atoms with E-state index in [9.17, 15) is 0 Å². The minimum atomic E-state index is -0.847. The summed E-state index contributed by atoms with van der Waals surface area (Å²) in [7, 11) is 0. The van der Waals surface area contributed by atoms with Crippen LogP contribution < -0.4 is 26.2 Å². The van der Waals surface area contributed by atoms with E-state index >= 15 is 0 Å². The largest absolute Gasteiger partial charge is 0.311 e. The van der Waals surface area contributed by atoms with Gasteiger partial charge in [0.05, 0.1) is 28.1 Å². The van der Waals surface area contributed by atoms with Crippen LogP contribution in [0.25, 0.3) is 94.3 Å². The Morgan fingerprint density at radius 2 is 0.622 bits per heavy atom. The van der Waals surface area contributed by atoms with Gasteiger partial charge in [0.15, 0.2) is 0 Å². The number of para-hydroxylation sites is 2. The summed E-state index contributed by atoms with van der Waals surface area (Å²) in [5.74, 6) is 0. The number of rotatable bonds is 3. The van der Waals surface area contributed by atoms with Crippen molar-refractivity contribution >= 4 is 79.0 Å². The first-order valence-electron chi connectivity index (χ1n) is 40.7. The molecule has 1 unspecified atom stereocenters. The first kappa shape index (κ1) is 70.7. The van der Waals surface area contributed by atoms with Crippen LogP contribution in [-0.2, 0) is 43.3 Å². The molecule has 1 aromatic heterocycles. The van der Waals surface area contributed by atoms with Crippen molar-refractivity contribution in [2.24, 2.45) is 0 Å². The lowest BCUT2D eigenvalue weighted by molar-refractivity contribution is 0.584. The van der Waals surface area contributed by atoms with E-state index in [0.29, 0.717) is 0 Å². The van der Waals surface area contributed by atoms with E-state index in [1.807, 2.05) is 0 Å². The maximum atomic E-state index is 2.91. The smallest absolute Gasteiger partial charge is 0.252 e. The molecule has 0 spiro atoms. The van der Waals surface area contributed by atoms with Gasteiger partial charge in [0.2, 0.25) is 0 Å². The highest BCUT2D eigenvalue weighted by Crippen LogP contribution is 2.64. The molecule has 7 aliphatic rings. The Balaban J connectivity index is 1.10. The van der Waals surface area contributed by atoms with E-state index in [0.717, 1.165) is 5.69 Å². The molecule has 0 saturated heterocycles. The number of fused-ring (bicyclic) bond motifs is 12. The first-order valence-corrected chi connectivity index (χ1v) is 40.7. The van der Waals surface area contributed by atoms with Crippen molar-refractivity contribution in [2.45, 2.75) is 189 Å². The Hall–Kier alpha value is -10.7. The minimum Gasteiger partial charge on any atom is -0.311 e. The van der Waals surface area contributed by atoms with Crippen molar-refractivity contribution in [3.05, 3.63) is 310 Å². The van der Waals surface area contributed by atoms with Crippen molar-refractivity contribution in [3.8, 4) is 72.4 Å². The second kappa shape index (κ2) is 23.7. The zero-order valence-corrected chi connectivity index (χ0v) is 69.1. The SMILES string of the molecule is CC(C)(C)c1ccc(-c2cc3cc(c2)-c2cccc4c5cccc6c5n(c24)-c2c(c4c5c7c2C(C)(c2ccc(cc2)-c2cc(-c8ccc(C(C)(C)C)cc8)cc-6c2)c2cc(C(C)(C)C)ccc2N7c2ccc(C(C)(C)C)cc2B5c2cc(C(C)(C)C)ccc2N4c2ccc(C(C)(C)C)cc2)C(C)(C)c2ccc-3cc2)cc1. The van der Waals surface area contributed by atoms with Gasteiger partial charge in [-0.05, 0) is 228 Å². The van der Waals surface area contributed by atoms with Gasteiger partial charge >= 0.3 is 0 Å². The number of benzene rings is 13. The van der Waals surface area contributed by atoms with Gasteiger partial charge in [0.1, 0.15) is 0 Å². The maximum Gasteiger partial charge on any atom is 0.252 e. The van der Waals surface area contributed by atoms with E-state index in [4.69, 9.17) is 0 Å². The number of anilines is 6. The fourth-order valence-corrected chi connectivity index (χ4v) is 19.6. The number of aromatic nitrogens is 1. The van der Waals surface area contributed by atoms with Crippen LogP contribution in [0.3, 0.4) is 0 Å². The van der Waals surface area contributed by atoms with Gasteiger partial charge in [-0.3, -0.25) is 0 Å². The normalized spacial score (nSPS) is 15.8. The number of nitrogens with zero attached hydrogens (tertiary/aromatic N) is 3. The Kier molecular flexibility index (Phi) is 15.1. The lowest BCUT2D eigenvalue weighted by atomic mass is 9.32. The third kappa shape index (κ3) is 10.7. The van der Waals surface area contributed by atoms with Crippen molar-refractivity contribution in [1.29, 1.82) is 0 Å². The Labute approximate surface area is 660 Å². The van der Waals surface area contributed by atoms with Crippen LogP contribution in [0.4, 0.5) is 34.1 Å². The van der Waals surface area contributed by atoms with Gasteiger partial charge < -0.3 is 14.4 Å². The summed E-state index contributed by atoms with van der Waals surface area (Å²) in [6.45, 7) is 50.1. The Morgan fingerprint density at radius 1 is 0.279 bits per heavy atom. The van der Waals surface area contributed by atoms with Crippen molar-refractivity contribution in [3.63, 3.8) is 0 Å². The second-order valence-electron chi connectivity index (χ2n) is 40.0. The van der Waals surface area contributed by atoms with Crippen LogP contribution in [0.15, 0.2) is 249 Å². The van der Waals surface area contributed by atoms with Gasteiger partial charge in [-0.1, -0.05) is 320 Å². The van der Waals surface area contributed by atoms with Crippen LogP contribution in [0.5, 0.6) is 0 Å². The summed E-state index contributed by atoms with van der Waals surface area (Å²) < 4.78 is 2.91. The molecule has 8 heterocycles. The molecule has 21 rings (SSSR count). The molecule has 1 atom stereocenters. The van der Waals surface area contributed by atoms with Crippen LogP contribution in [0, 0.1) is 0 Å². The van der Waals surface area contributed by atoms with E-state index in [1.54, 1.807) is 0 Å². The van der Waals surface area contributed by atoms with Crippen LogP contribution in [-0.4, -0.2) is 11.3 Å². The topological polar surface area (TPSA) is 11.4 Å². The third-order valence-corrected chi connectivity index (χ3v) is 26.3. The van der Waals surface area contributed by atoms with Crippen molar-refractivity contribution in [1.82, 2.24) is 4.57 Å². The predicted octanol–water partition coefficient (Wildman–Crippen LogP) is 27.3. The lowest BCUT2D eigenvalue weighted by Gasteiger charge is -2.54. The van der Waals surface area contributed by atoms with Crippen LogP contribution >= 0.6 is 0 Å². The van der Waals surface area contributed by atoms with Crippen LogP contribution in [0.1, 0.15) is 207 Å². The zero-order valence-electron chi connectivity index (χ0n) is 69.1. The summed E-state index contributed by atoms with van der Waals surface area (Å²) in [5, 5.41) is 2.43. The molecule has 0 fully saturated rings. The van der Waals surface area contributed by atoms with E-state index in [-0.39, 0.29) is 39.2 Å². The molecule has 0 amide bonds. The van der Waals surface area contributed by atoms with E-state index in [1.165, 1.54) is 200 Å². The highest BCUT2D eigenvalue weighted by atomic mass is 15.2. The highest BCUT2D eigenvalue weighted by molar-refractivity contribution is 7.00. The maximum absolute atomic E-state index is 2.91. The second-order valence-corrected chi connectivity index (χ2v) is 40.0. The summed E-state index contributed by atoms with van der Waals surface area (Å²) in [6, 6.07) is 101. The molecule has 550 valence electrons. The van der Waals surface area contributed by atoms with Gasteiger partial charge in [0.25, 0.3) is 6.71 Å². The number of hydrogen-bond donors (Lipinski definition) is 0. The summed E-state index contributed by atoms with van der Waals surface area (Å²) >= 11 is 0. The molecule has 0 aliphatic carbocycles. The lowest BCUT2D eigenvalue weighted by Crippen LogP contribution is -2.63. The molecule has 0 radical (unpaired) electrons. The zero-order chi connectivity index (χ0) is 77.7. The molecule has 0 N–H and O–H groups in total. The van der Waals surface area contributed by atoms with Gasteiger partial charge in [-0.15, -0.1) is 0 Å². The molecule has 8 bridgehead atoms. The molecular formula is C107H104BN3. The molecular weight excluding hydrogens is 1340 g/mol. The summed E-state index contributed by atoms with van der Waals surface area (Å²) in [5.41, 5.74) is 41.2. The monoisotopic (exact) mass is 1440 g/mol. The number of hydrogen-bond acceptors (Lipinski definition) is 2. The third-order valence-electron chi connectivity index (χ3n) is 26.3. The molecule has 7 aliphatic heterocycles. The minimum absolute atomic E-state index is 0.000382. The fraction of sp³-hybridized carbons (Fsp3) is 0.271. The van der Waals surface area contributed by atoms with Gasteiger partial charge in [-0.25, -0.2) is 0 Å². The standard InChI is InChI=1S/C107H104BN3/c1-100(2,3)73-36-28-63(29-37-73)67-54-69-58-71(56-67)82-24-22-26-84-85-27-23-25-83-72-57-68(64-30-38-74(39-31-64)101(4,5)6)55-70(59-72)66-34-42-77(43-35-66)107(21)86-60-78(103(10,11)12)46-51-89(86)110-91-53-48-80(105(16,17)18)62-88(91)108-87-61-79(104(13,14)15)47-52-90(87)109(81-49-44-75(45-50-81)102(7,8)9)98-92(106(19,20)76-40-32-65(69)33-41-76)97(93(107)99(110)94(98)108)111(95(82)84)96(83)85/h22-62H,1-21H3. The molecule has 0 saturated carbocycles. The van der Waals surface area contributed by atoms with Crippen molar-refractivity contribution in [2.75, 3.05) is 9.80 Å². The Morgan fingerprint density at radius 3 is 1.04 bits per heavy atom. The average Bonchev–Trinajstić information content (AvgIpc) is 1.52. The fourth-order valence-electron chi connectivity index (χ4n) is 19.6. The molecule has 3 nitrogen and oxygen atoms in total. The van der Waals surface area contributed by atoms with Gasteiger partial charge in [0, 0.05) is 66.6 Å². The molecule has 13 aromatic carbocycles. The first-order chi connectivity index (χ1) is 52.4.